The molecule has 0 atom stereocenters. The molecule has 0 aliphatic carbocycles. The third-order valence-electron chi connectivity index (χ3n) is 2.56. The van der Waals surface area contributed by atoms with E-state index in [1.807, 2.05) is 0 Å². The normalized spacial score (nSPS) is 10.5. The molecule has 2 rings (SSSR count). The van der Waals surface area contributed by atoms with Crippen molar-refractivity contribution in [3.05, 3.63) is 39.8 Å². The molecule has 0 fully saturated rings. The largest absolute Gasteiger partial charge is 0.480 e. The summed E-state index contributed by atoms with van der Waals surface area (Å²) in [5.74, 6) is -0.787. The van der Waals surface area contributed by atoms with Gasteiger partial charge in [0.15, 0.2) is 0 Å². The second kappa shape index (κ2) is 6.09. The average Bonchev–Trinajstić information content (AvgIpc) is 2.86. The number of carboxylic acid groups (broad SMARTS) is 1. The SMILES string of the molecule is Cc1cc(-c2nnc(COCC(=O)O)o2)ccc1[N+](=O)[O-]. The number of nitro benzene ring substituents is 1. The van der Waals surface area contributed by atoms with Gasteiger partial charge in [-0.1, -0.05) is 0 Å². The first-order valence-electron chi connectivity index (χ1n) is 5.84. The Kier molecular flexibility index (Phi) is 4.24. The summed E-state index contributed by atoms with van der Waals surface area (Å²) in [7, 11) is 0. The van der Waals surface area contributed by atoms with Crippen LogP contribution in [0.5, 0.6) is 0 Å². The number of nitro groups is 1. The number of carbonyl (C=O) groups is 1. The first-order valence-corrected chi connectivity index (χ1v) is 5.84. The lowest BCUT2D eigenvalue weighted by atomic mass is 10.1. The van der Waals surface area contributed by atoms with E-state index in [2.05, 4.69) is 10.2 Å². The molecule has 1 heterocycles. The second-order valence-electron chi connectivity index (χ2n) is 4.15. The maximum Gasteiger partial charge on any atom is 0.329 e. The zero-order valence-corrected chi connectivity index (χ0v) is 11.0. The fraction of sp³-hybridized carbons (Fsp3) is 0.250. The summed E-state index contributed by atoms with van der Waals surface area (Å²) in [6.07, 6.45) is 0. The van der Waals surface area contributed by atoms with E-state index in [0.29, 0.717) is 11.1 Å². The Morgan fingerprint density at radius 1 is 1.48 bits per heavy atom. The monoisotopic (exact) mass is 293 g/mol. The van der Waals surface area contributed by atoms with E-state index in [1.54, 1.807) is 13.0 Å². The van der Waals surface area contributed by atoms with Crippen molar-refractivity contribution >= 4 is 11.7 Å². The number of aromatic nitrogens is 2. The van der Waals surface area contributed by atoms with Crippen molar-refractivity contribution in [2.45, 2.75) is 13.5 Å². The molecule has 0 aliphatic rings. The van der Waals surface area contributed by atoms with E-state index in [1.165, 1.54) is 12.1 Å². The molecule has 1 aromatic heterocycles. The number of hydrogen-bond donors (Lipinski definition) is 1. The van der Waals surface area contributed by atoms with Gasteiger partial charge in [0.05, 0.1) is 4.92 Å². The van der Waals surface area contributed by atoms with Crippen molar-refractivity contribution in [1.29, 1.82) is 0 Å². The Hall–Kier alpha value is -2.81. The van der Waals surface area contributed by atoms with Crippen LogP contribution in [0.4, 0.5) is 5.69 Å². The van der Waals surface area contributed by atoms with Gasteiger partial charge in [-0.15, -0.1) is 10.2 Å². The van der Waals surface area contributed by atoms with Crippen LogP contribution in [-0.2, 0) is 16.1 Å². The van der Waals surface area contributed by atoms with Gasteiger partial charge in [0.25, 0.3) is 5.69 Å². The van der Waals surface area contributed by atoms with Crippen molar-refractivity contribution < 1.29 is 24.0 Å². The molecule has 1 aromatic carbocycles. The minimum atomic E-state index is -1.10. The van der Waals surface area contributed by atoms with E-state index in [9.17, 15) is 14.9 Å². The van der Waals surface area contributed by atoms with Crippen molar-refractivity contribution in [2.24, 2.45) is 0 Å². The van der Waals surface area contributed by atoms with Gasteiger partial charge >= 0.3 is 5.97 Å². The van der Waals surface area contributed by atoms with E-state index in [0.717, 1.165) is 0 Å². The first-order chi connectivity index (χ1) is 9.97. The summed E-state index contributed by atoms with van der Waals surface area (Å²) in [4.78, 5) is 20.6. The van der Waals surface area contributed by atoms with Crippen molar-refractivity contribution in [1.82, 2.24) is 10.2 Å². The quantitative estimate of drug-likeness (QED) is 0.627. The number of hydrogen-bond acceptors (Lipinski definition) is 7. The molecule has 21 heavy (non-hydrogen) atoms. The molecule has 2 aromatic rings. The van der Waals surface area contributed by atoms with E-state index in [-0.39, 0.29) is 24.1 Å². The molecule has 0 spiro atoms. The number of ether oxygens (including phenoxy) is 1. The number of aliphatic carboxylic acids is 1. The summed E-state index contributed by atoms with van der Waals surface area (Å²) in [6, 6.07) is 4.42. The minimum absolute atomic E-state index is 0.00304. The fourth-order valence-electron chi connectivity index (χ4n) is 1.65. The third-order valence-corrected chi connectivity index (χ3v) is 2.56. The van der Waals surface area contributed by atoms with Crippen LogP contribution in [0, 0.1) is 17.0 Å². The molecule has 0 bridgehead atoms. The molecule has 0 saturated heterocycles. The molecule has 110 valence electrons. The molecular formula is C12H11N3O6. The van der Waals surface area contributed by atoms with Gasteiger partial charge in [-0.25, -0.2) is 4.79 Å². The summed E-state index contributed by atoms with van der Waals surface area (Å²) >= 11 is 0. The number of benzene rings is 1. The Balaban J connectivity index is 2.12. The zero-order valence-electron chi connectivity index (χ0n) is 11.0. The predicted molar refractivity (Wildman–Crippen MR) is 68.4 cm³/mol. The van der Waals surface area contributed by atoms with Gasteiger partial charge in [0.1, 0.15) is 13.2 Å². The number of nitrogens with zero attached hydrogens (tertiary/aromatic N) is 3. The zero-order chi connectivity index (χ0) is 15.4. The lowest BCUT2D eigenvalue weighted by molar-refractivity contribution is -0.385. The highest BCUT2D eigenvalue weighted by Gasteiger charge is 2.14. The first kappa shape index (κ1) is 14.6. The molecule has 9 heteroatoms. The predicted octanol–water partition coefficient (Wildman–Crippen LogP) is 1.55. The molecule has 0 unspecified atom stereocenters. The Morgan fingerprint density at radius 2 is 2.24 bits per heavy atom. The van der Waals surface area contributed by atoms with E-state index in [4.69, 9.17) is 14.3 Å². The third kappa shape index (κ3) is 3.60. The topological polar surface area (TPSA) is 129 Å². The molecule has 0 aliphatic heterocycles. The van der Waals surface area contributed by atoms with Crippen LogP contribution in [0.25, 0.3) is 11.5 Å². The molecule has 1 N–H and O–H groups in total. The van der Waals surface area contributed by atoms with Crippen molar-refractivity contribution in [3.63, 3.8) is 0 Å². The molecular weight excluding hydrogens is 282 g/mol. The molecule has 0 radical (unpaired) electrons. The minimum Gasteiger partial charge on any atom is -0.480 e. The van der Waals surface area contributed by atoms with E-state index >= 15 is 0 Å². The van der Waals surface area contributed by atoms with Crippen LogP contribution in [-0.4, -0.2) is 32.8 Å². The maximum absolute atomic E-state index is 10.7. The van der Waals surface area contributed by atoms with E-state index < -0.39 is 17.5 Å². The summed E-state index contributed by atoms with van der Waals surface area (Å²) in [6.45, 7) is 1.02. The van der Waals surface area contributed by atoms with Gasteiger partial charge in [0, 0.05) is 17.2 Å². The van der Waals surface area contributed by atoms with Gasteiger partial charge in [-0.3, -0.25) is 10.1 Å². The van der Waals surface area contributed by atoms with Crippen LogP contribution in [0.1, 0.15) is 11.5 Å². The maximum atomic E-state index is 10.7. The highest BCUT2D eigenvalue weighted by Crippen LogP contribution is 2.25. The summed E-state index contributed by atoms with van der Waals surface area (Å²) < 4.78 is 10.1. The van der Waals surface area contributed by atoms with Crippen LogP contribution in [0.2, 0.25) is 0 Å². The summed E-state index contributed by atoms with van der Waals surface area (Å²) in [5, 5.41) is 26.7. The van der Waals surface area contributed by atoms with Gasteiger partial charge in [0.2, 0.25) is 11.8 Å². The lowest BCUT2D eigenvalue weighted by Crippen LogP contribution is -2.06. The number of aryl methyl sites for hydroxylation is 1. The standard InChI is InChI=1S/C12H11N3O6/c1-7-4-8(2-3-9(7)15(18)19)12-14-13-10(21-12)5-20-6-11(16)17/h2-4H,5-6H2,1H3,(H,16,17). The molecule has 0 amide bonds. The van der Waals surface area contributed by atoms with Crippen molar-refractivity contribution in [2.75, 3.05) is 6.61 Å². The van der Waals surface area contributed by atoms with Gasteiger partial charge < -0.3 is 14.3 Å². The Bertz CT molecular complexity index is 681. The highest BCUT2D eigenvalue weighted by molar-refractivity contribution is 5.68. The van der Waals surface area contributed by atoms with Crippen molar-refractivity contribution in [3.8, 4) is 11.5 Å². The average molecular weight is 293 g/mol. The Morgan fingerprint density at radius 3 is 2.86 bits per heavy atom. The smallest absolute Gasteiger partial charge is 0.329 e. The van der Waals surface area contributed by atoms with Gasteiger partial charge in [-0.05, 0) is 19.1 Å². The second-order valence-corrected chi connectivity index (χ2v) is 4.15. The number of carboxylic acids is 1. The number of rotatable bonds is 6. The van der Waals surface area contributed by atoms with Crippen LogP contribution in [0.3, 0.4) is 0 Å². The van der Waals surface area contributed by atoms with Crippen LogP contribution in [0.15, 0.2) is 22.6 Å². The van der Waals surface area contributed by atoms with Crippen LogP contribution < -0.4 is 0 Å². The summed E-state index contributed by atoms with van der Waals surface area (Å²) in [5.41, 5.74) is 1.01. The molecule has 9 nitrogen and oxygen atoms in total. The fourth-order valence-corrected chi connectivity index (χ4v) is 1.65. The lowest BCUT2D eigenvalue weighted by Gasteiger charge is -1.99. The highest BCUT2D eigenvalue weighted by atomic mass is 16.6. The van der Waals surface area contributed by atoms with Gasteiger partial charge in [-0.2, -0.15) is 0 Å². The molecule has 0 saturated carbocycles. The Labute approximate surface area is 118 Å². The van der Waals surface area contributed by atoms with Crippen LogP contribution >= 0.6 is 0 Å².